The van der Waals surface area contributed by atoms with Gasteiger partial charge in [0.25, 0.3) is 0 Å². The Kier molecular flexibility index (Phi) is 3.71. The molecule has 0 amide bonds. The predicted octanol–water partition coefficient (Wildman–Crippen LogP) is 7.07. The van der Waals surface area contributed by atoms with E-state index < -0.39 is 0 Å². The fraction of sp³-hybridized carbons (Fsp3) is 0.120. The van der Waals surface area contributed by atoms with Crippen molar-refractivity contribution in [2.45, 2.75) is 19.3 Å². The van der Waals surface area contributed by atoms with E-state index >= 15 is 0 Å². The lowest BCUT2D eigenvalue weighted by Crippen LogP contribution is -1.93. The summed E-state index contributed by atoms with van der Waals surface area (Å²) in [7, 11) is 0. The molecule has 0 atom stereocenters. The van der Waals surface area contributed by atoms with Crippen molar-refractivity contribution in [3.05, 3.63) is 96.1 Å². The second-order valence-electron chi connectivity index (χ2n) is 6.95. The summed E-state index contributed by atoms with van der Waals surface area (Å²) in [6.45, 7) is 0. The van der Waals surface area contributed by atoms with Gasteiger partial charge in [0.1, 0.15) is 11.2 Å². The van der Waals surface area contributed by atoms with E-state index in [9.17, 15) is 0 Å². The highest BCUT2D eigenvalue weighted by Gasteiger charge is 2.11. The van der Waals surface area contributed by atoms with Crippen LogP contribution in [0.25, 0.3) is 33.1 Å². The van der Waals surface area contributed by atoms with Crippen LogP contribution < -0.4 is 0 Å². The van der Waals surface area contributed by atoms with Crippen LogP contribution in [-0.2, 0) is 6.42 Å². The molecule has 0 saturated carbocycles. The molecule has 1 aromatic heterocycles. The maximum Gasteiger partial charge on any atom is 0.143 e. The van der Waals surface area contributed by atoms with Crippen molar-refractivity contribution in [3.8, 4) is 11.1 Å². The van der Waals surface area contributed by atoms with Crippen LogP contribution in [0.1, 0.15) is 18.4 Å². The van der Waals surface area contributed by atoms with Crippen molar-refractivity contribution in [1.29, 1.82) is 0 Å². The molecule has 0 saturated heterocycles. The lowest BCUT2D eigenvalue weighted by atomic mass is 9.96. The molecule has 3 aromatic carbocycles. The standard InChI is InChI=1S/C25H20O/c1-2-7-18(8-3-1)17-19-13-15-20(16-14-19)21-10-6-11-23-22-9-4-5-12-24(22)26-25(21)23/h1-2,4-7,9-16H,3,8,17H2. The first kappa shape index (κ1) is 15.2. The van der Waals surface area contributed by atoms with Gasteiger partial charge in [-0.05, 0) is 36.5 Å². The average molecular weight is 336 g/mol. The van der Waals surface area contributed by atoms with Crippen LogP contribution in [-0.4, -0.2) is 0 Å². The second-order valence-corrected chi connectivity index (χ2v) is 6.95. The van der Waals surface area contributed by atoms with Crippen LogP contribution >= 0.6 is 0 Å². The van der Waals surface area contributed by atoms with Crippen LogP contribution in [0.4, 0.5) is 0 Å². The minimum atomic E-state index is 0.948. The Hall–Kier alpha value is -3.06. The van der Waals surface area contributed by atoms with E-state index in [2.05, 4.69) is 72.8 Å². The maximum absolute atomic E-state index is 6.17. The Bertz CT molecular complexity index is 1140. The first-order valence-electron chi connectivity index (χ1n) is 9.23. The van der Waals surface area contributed by atoms with Gasteiger partial charge in [-0.3, -0.25) is 0 Å². The Balaban J connectivity index is 1.53. The van der Waals surface area contributed by atoms with Crippen LogP contribution in [0.2, 0.25) is 0 Å². The third-order valence-electron chi connectivity index (χ3n) is 5.20. The molecular weight excluding hydrogens is 316 g/mol. The molecule has 1 heteroatoms. The fourth-order valence-electron chi connectivity index (χ4n) is 3.84. The summed E-state index contributed by atoms with van der Waals surface area (Å²) >= 11 is 0. The molecule has 4 aromatic rings. The number of hydrogen-bond acceptors (Lipinski definition) is 1. The summed E-state index contributed by atoms with van der Waals surface area (Å²) in [5.74, 6) is 0. The lowest BCUT2D eigenvalue weighted by molar-refractivity contribution is 0.670. The normalized spacial score (nSPS) is 14.1. The van der Waals surface area contributed by atoms with Crippen molar-refractivity contribution < 1.29 is 4.42 Å². The van der Waals surface area contributed by atoms with Gasteiger partial charge in [-0.2, -0.15) is 0 Å². The number of fused-ring (bicyclic) bond motifs is 3. The molecule has 0 fully saturated rings. The molecule has 0 unspecified atom stereocenters. The van der Waals surface area contributed by atoms with Gasteiger partial charge >= 0.3 is 0 Å². The number of benzene rings is 3. The largest absolute Gasteiger partial charge is 0.455 e. The fourth-order valence-corrected chi connectivity index (χ4v) is 3.84. The first-order valence-corrected chi connectivity index (χ1v) is 9.23. The summed E-state index contributed by atoms with van der Waals surface area (Å²) in [6, 6.07) is 23.6. The summed E-state index contributed by atoms with van der Waals surface area (Å²) in [5, 5.41) is 2.36. The highest BCUT2D eigenvalue weighted by molar-refractivity contribution is 6.09. The van der Waals surface area contributed by atoms with E-state index in [-0.39, 0.29) is 0 Å². The van der Waals surface area contributed by atoms with Crippen molar-refractivity contribution in [2.75, 3.05) is 0 Å². The molecular formula is C25H20O. The number of para-hydroxylation sites is 2. The maximum atomic E-state index is 6.17. The lowest BCUT2D eigenvalue weighted by Gasteiger charge is -2.10. The third kappa shape index (κ3) is 2.66. The van der Waals surface area contributed by atoms with Gasteiger partial charge in [-0.25, -0.2) is 0 Å². The SMILES string of the molecule is C1=CCCC(Cc2ccc(-c3cccc4c3oc3ccccc34)cc2)=C1. The zero-order valence-electron chi connectivity index (χ0n) is 14.6. The number of furan rings is 1. The quantitative estimate of drug-likeness (QED) is 0.390. The highest BCUT2D eigenvalue weighted by Crippen LogP contribution is 2.35. The number of hydrogen-bond donors (Lipinski definition) is 0. The molecule has 5 rings (SSSR count). The molecule has 1 nitrogen and oxygen atoms in total. The number of allylic oxidation sites excluding steroid dienone is 4. The summed E-state index contributed by atoms with van der Waals surface area (Å²) in [5.41, 5.74) is 7.16. The Morgan fingerprint density at radius 3 is 2.50 bits per heavy atom. The minimum absolute atomic E-state index is 0.948. The molecule has 1 aliphatic carbocycles. The van der Waals surface area contributed by atoms with E-state index in [0.29, 0.717) is 0 Å². The van der Waals surface area contributed by atoms with E-state index in [4.69, 9.17) is 4.42 Å². The molecule has 1 aliphatic rings. The molecule has 0 aliphatic heterocycles. The van der Waals surface area contributed by atoms with Gasteiger partial charge in [-0.15, -0.1) is 0 Å². The minimum Gasteiger partial charge on any atom is -0.455 e. The van der Waals surface area contributed by atoms with Gasteiger partial charge in [0.2, 0.25) is 0 Å². The van der Waals surface area contributed by atoms with E-state index in [1.54, 1.807) is 0 Å². The Labute approximate surface area is 153 Å². The van der Waals surface area contributed by atoms with Crippen molar-refractivity contribution in [1.82, 2.24) is 0 Å². The van der Waals surface area contributed by atoms with Crippen molar-refractivity contribution in [2.24, 2.45) is 0 Å². The average Bonchev–Trinajstić information content (AvgIpc) is 3.08. The van der Waals surface area contributed by atoms with Crippen LogP contribution in [0.5, 0.6) is 0 Å². The van der Waals surface area contributed by atoms with Gasteiger partial charge < -0.3 is 4.42 Å². The monoisotopic (exact) mass is 336 g/mol. The van der Waals surface area contributed by atoms with Gasteiger partial charge in [-0.1, -0.05) is 84.5 Å². The van der Waals surface area contributed by atoms with Gasteiger partial charge in [0.15, 0.2) is 0 Å². The smallest absolute Gasteiger partial charge is 0.143 e. The molecule has 0 radical (unpaired) electrons. The molecule has 0 bridgehead atoms. The van der Waals surface area contributed by atoms with Crippen LogP contribution in [0.3, 0.4) is 0 Å². The Morgan fingerprint density at radius 2 is 1.65 bits per heavy atom. The zero-order chi connectivity index (χ0) is 17.3. The van der Waals surface area contributed by atoms with Crippen molar-refractivity contribution >= 4 is 21.9 Å². The van der Waals surface area contributed by atoms with E-state index in [0.717, 1.165) is 29.6 Å². The topological polar surface area (TPSA) is 13.1 Å². The molecule has 0 spiro atoms. The first-order chi connectivity index (χ1) is 12.9. The summed E-state index contributed by atoms with van der Waals surface area (Å²) in [4.78, 5) is 0. The van der Waals surface area contributed by atoms with Crippen LogP contribution in [0, 0.1) is 0 Å². The third-order valence-corrected chi connectivity index (χ3v) is 5.20. The Morgan fingerprint density at radius 1 is 0.808 bits per heavy atom. The van der Waals surface area contributed by atoms with Crippen molar-refractivity contribution in [3.63, 3.8) is 0 Å². The molecule has 26 heavy (non-hydrogen) atoms. The van der Waals surface area contributed by atoms with E-state index in [1.165, 1.54) is 33.9 Å². The van der Waals surface area contributed by atoms with Gasteiger partial charge in [0, 0.05) is 16.3 Å². The second kappa shape index (κ2) is 6.34. The summed E-state index contributed by atoms with van der Waals surface area (Å²) in [6.07, 6.45) is 10.1. The molecule has 126 valence electrons. The molecule has 0 N–H and O–H groups in total. The zero-order valence-corrected chi connectivity index (χ0v) is 14.6. The predicted molar refractivity (Wildman–Crippen MR) is 109 cm³/mol. The summed E-state index contributed by atoms with van der Waals surface area (Å²) < 4.78 is 6.17. The van der Waals surface area contributed by atoms with E-state index in [1.807, 2.05) is 12.1 Å². The molecule has 1 heterocycles. The van der Waals surface area contributed by atoms with Crippen LogP contribution in [0.15, 0.2) is 94.9 Å². The highest BCUT2D eigenvalue weighted by atomic mass is 16.3. The van der Waals surface area contributed by atoms with Gasteiger partial charge in [0.05, 0.1) is 0 Å². The number of rotatable bonds is 3.